The Morgan fingerprint density at radius 3 is 2.47 bits per heavy atom. The number of alkyl halides is 3. The zero-order valence-electron chi connectivity index (χ0n) is 11.4. The van der Waals surface area contributed by atoms with Gasteiger partial charge in [-0.05, 0) is 45.2 Å². The summed E-state index contributed by atoms with van der Waals surface area (Å²) in [6, 6.07) is 0.738. The van der Waals surface area contributed by atoms with E-state index >= 15 is 0 Å². The van der Waals surface area contributed by atoms with Gasteiger partial charge in [0, 0.05) is 18.7 Å². The first kappa shape index (κ1) is 15.1. The molecule has 2 rings (SSSR count). The Morgan fingerprint density at radius 1 is 1.26 bits per heavy atom. The number of halogens is 3. The first-order valence-electron chi connectivity index (χ1n) is 7.07. The van der Waals surface area contributed by atoms with Crippen LogP contribution < -0.4 is 5.32 Å². The minimum atomic E-state index is -4.07. The Kier molecular flexibility index (Phi) is 5.09. The molecule has 0 amide bonds. The molecule has 2 heterocycles. The van der Waals surface area contributed by atoms with Crippen molar-refractivity contribution in [2.24, 2.45) is 5.92 Å². The van der Waals surface area contributed by atoms with Crippen LogP contribution in [0.3, 0.4) is 0 Å². The van der Waals surface area contributed by atoms with E-state index in [1.807, 2.05) is 0 Å². The van der Waals surface area contributed by atoms with Crippen molar-refractivity contribution in [1.82, 2.24) is 10.2 Å². The third-order valence-corrected chi connectivity index (χ3v) is 4.16. The zero-order chi connectivity index (χ0) is 13.9. The maximum atomic E-state index is 12.3. The lowest BCUT2D eigenvalue weighted by atomic mass is 9.97. The highest BCUT2D eigenvalue weighted by atomic mass is 19.4. The van der Waals surface area contributed by atoms with Crippen molar-refractivity contribution in [3.05, 3.63) is 0 Å². The van der Waals surface area contributed by atoms with E-state index in [2.05, 4.69) is 12.2 Å². The molecule has 2 aliphatic heterocycles. The van der Waals surface area contributed by atoms with E-state index < -0.39 is 12.7 Å². The van der Waals surface area contributed by atoms with Crippen LogP contribution in [-0.4, -0.2) is 56.0 Å². The molecule has 0 radical (unpaired) electrons. The molecule has 2 atom stereocenters. The average molecular weight is 280 g/mol. The smallest absolute Gasteiger partial charge is 0.381 e. The summed E-state index contributed by atoms with van der Waals surface area (Å²) in [6.45, 7) is 4.09. The van der Waals surface area contributed by atoms with Crippen LogP contribution >= 0.6 is 0 Å². The van der Waals surface area contributed by atoms with Crippen molar-refractivity contribution in [3.63, 3.8) is 0 Å². The molecule has 112 valence electrons. The van der Waals surface area contributed by atoms with Crippen molar-refractivity contribution >= 4 is 0 Å². The Labute approximate surface area is 112 Å². The second kappa shape index (κ2) is 6.41. The number of likely N-dealkylation sites (tertiary alicyclic amines) is 1. The molecule has 2 unspecified atom stereocenters. The van der Waals surface area contributed by atoms with Gasteiger partial charge in [-0.2, -0.15) is 13.2 Å². The topological polar surface area (TPSA) is 24.5 Å². The number of hydrogen-bond donors (Lipinski definition) is 1. The summed E-state index contributed by atoms with van der Waals surface area (Å²) >= 11 is 0. The van der Waals surface area contributed by atoms with Crippen molar-refractivity contribution in [1.29, 1.82) is 0 Å². The monoisotopic (exact) mass is 280 g/mol. The van der Waals surface area contributed by atoms with Crippen LogP contribution in [0.15, 0.2) is 0 Å². The molecule has 0 aromatic carbocycles. The fourth-order valence-electron chi connectivity index (χ4n) is 2.97. The van der Waals surface area contributed by atoms with Gasteiger partial charge >= 0.3 is 6.18 Å². The second-order valence-electron chi connectivity index (χ2n) is 5.74. The molecular weight excluding hydrogens is 257 g/mol. The third kappa shape index (κ3) is 4.93. The van der Waals surface area contributed by atoms with Crippen LogP contribution in [0.2, 0.25) is 0 Å². The number of nitrogens with one attached hydrogen (secondary N) is 1. The van der Waals surface area contributed by atoms with Gasteiger partial charge in [0.05, 0.1) is 13.2 Å². The van der Waals surface area contributed by atoms with Gasteiger partial charge in [-0.15, -0.1) is 0 Å². The highest BCUT2D eigenvalue weighted by molar-refractivity contribution is 4.83. The molecule has 0 saturated carbocycles. The number of ether oxygens (including phenoxy) is 1. The van der Waals surface area contributed by atoms with Crippen LogP contribution in [-0.2, 0) is 4.74 Å². The molecule has 1 N–H and O–H groups in total. The molecule has 0 bridgehead atoms. The molecule has 2 saturated heterocycles. The largest absolute Gasteiger partial charge is 0.401 e. The molecular formula is C13H23F3N2O. The zero-order valence-corrected chi connectivity index (χ0v) is 11.4. The van der Waals surface area contributed by atoms with Gasteiger partial charge in [0.25, 0.3) is 0 Å². The lowest BCUT2D eigenvalue weighted by Gasteiger charge is -2.35. The lowest BCUT2D eigenvalue weighted by Crippen LogP contribution is -2.49. The van der Waals surface area contributed by atoms with Gasteiger partial charge < -0.3 is 10.1 Å². The van der Waals surface area contributed by atoms with Gasteiger partial charge in [0.1, 0.15) is 0 Å². The standard InChI is InChI=1S/C13H23F3N2O/c1-10(11-4-7-19-8-11)17-12-2-5-18(6-3-12)9-13(14,15)16/h10-12,17H,2-9H2,1H3. The fourth-order valence-corrected chi connectivity index (χ4v) is 2.97. The van der Waals surface area contributed by atoms with Gasteiger partial charge in [0.2, 0.25) is 0 Å². The number of hydrogen-bond acceptors (Lipinski definition) is 3. The van der Waals surface area contributed by atoms with E-state index in [0.29, 0.717) is 31.1 Å². The van der Waals surface area contributed by atoms with Crippen LogP contribution in [0.25, 0.3) is 0 Å². The fraction of sp³-hybridized carbons (Fsp3) is 1.00. The SMILES string of the molecule is CC(NC1CCN(CC(F)(F)F)CC1)C1CCOC1. The van der Waals surface area contributed by atoms with Crippen molar-refractivity contribution in [3.8, 4) is 0 Å². The van der Waals surface area contributed by atoms with E-state index in [0.717, 1.165) is 32.5 Å². The molecule has 2 fully saturated rings. The molecule has 0 aromatic heterocycles. The third-order valence-electron chi connectivity index (χ3n) is 4.16. The summed E-state index contributed by atoms with van der Waals surface area (Å²) in [7, 11) is 0. The quantitative estimate of drug-likeness (QED) is 0.853. The highest BCUT2D eigenvalue weighted by Crippen LogP contribution is 2.21. The molecule has 0 spiro atoms. The van der Waals surface area contributed by atoms with Gasteiger partial charge in [-0.1, -0.05) is 0 Å². The Morgan fingerprint density at radius 2 is 1.95 bits per heavy atom. The summed E-state index contributed by atoms with van der Waals surface area (Å²) in [6.07, 6.45) is -1.39. The van der Waals surface area contributed by atoms with Gasteiger partial charge in [0.15, 0.2) is 0 Å². The molecule has 0 aliphatic carbocycles. The Bertz CT molecular complexity index is 272. The summed E-state index contributed by atoms with van der Waals surface area (Å²) < 4.78 is 42.2. The van der Waals surface area contributed by atoms with E-state index in [1.54, 1.807) is 0 Å². The minimum Gasteiger partial charge on any atom is -0.381 e. The molecule has 2 aliphatic rings. The summed E-state index contributed by atoms with van der Waals surface area (Å²) in [5.74, 6) is 0.549. The molecule has 3 nitrogen and oxygen atoms in total. The second-order valence-corrected chi connectivity index (χ2v) is 5.74. The summed E-state index contributed by atoms with van der Waals surface area (Å²) in [5, 5.41) is 3.56. The normalized spacial score (nSPS) is 28.7. The molecule has 19 heavy (non-hydrogen) atoms. The van der Waals surface area contributed by atoms with Crippen LogP contribution in [0.4, 0.5) is 13.2 Å². The van der Waals surface area contributed by atoms with Crippen molar-refractivity contribution < 1.29 is 17.9 Å². The van der Waals surface area contributed by atoms with E-state index in [-0.39, 0.29) is 0 Å². The predicted octanol–water partition coefficient (Wildman–Crippen LogP) is 2.03. The maximum Gasteiger partial charge on any atom is 0.401 e. The Hall–Kier alpha value is -0.330. The minimum absolute atomic E-state index is 0.347. The number of piperidine rings is 1. The number of nitrogens with zero attached hydrogens (tertiary/aromatic N) is 1. The average Bonchev–Trinajstić information content (AvgIpc) is 2.83. The van der Waals surface area contributed by atoms with Crippen LogP contribution in [0, 0.1) is 5.92 Å². The first-order chi connectivity index (χ1) is 8.94. The van der Waals surface area contributed by atoms with Crippen molar-refractivity contribution in [2.45, 2.75) is 44.4 Å². The van der Waals surface area contributed by atoms with Gasteiger partial charge in [-0.25, -0.2) is 0 Å². The highest BCUT2D eigenvalue weighted by Gasteiger charge is 2.33. The van der Waals surface area contributed by atoms with Crippen LogP contribution in [0.5, 0.6) is 0 Å². The summed E-state index contributed by atoms with van der Waals surface area (Å²) in [5.41, 5.74) is 0. The first-order valence-corrected chi connectivity index (χ1v) is 7.07. The molecule has 0 aromatic rings. The summed E-state index contributed by atoms with van der Waals surface area (Å²) in [4.78, 5) is 1.50. The maximum absolute atomic E-state index is 12.3. The predicted molar refractivity (Wildman–Crippen MR) is 67.0 cm³/mol. The van der Waals surface area contributed by atoms with E-state index in [1.165, 1.54) is 4.90 Å². The van der Waals surface area contributed by atoms with E-state index in [4.69, 9.17) is 4.74 Å². The van der Waals surface area contributed by atoms with Gasteiger partial charge in [-0.3, -0.25) is 4.90 Å². The number of rotatable bonds is 4. The van der Waals surface area contributed by atoms with Crippen LogP contribution in [0.1, 0.15) is 26.2 Å². The van der Waals surface area contributed by atoms with E-state index in [9.17, 15) is 13.2 Å². The Balaban J connectivity index is 1.68. The lowest BCUT2D eigenvalue weighted by molar-refractivity contribution is -0.148. The molecule has 6 heteroatoms. The van der Waals surface area contributed by atoms with Crippen molar-refractivity contribution in [2.75, 3.05) is 32.8 Å².